The number of hydrogen-bond donors (Lipinski definition) is 2. The highest BCUT2D eigenvalue weighted by molar-refractivity contribution is 7.15. The Labute approximate surface area is 215 Å². The van der Waals surface area contributed by atoms with Gasteiger partial charge in [0.1, 0.15) is 22.5 Å². The Morgan fingerprint density at radius 2 is 1.92 bits per heavy atom. The summed E-state index contributed by atoms with van der Waals surface area (Å²) in [5.74, 6) is 7.20. The molecule has 2 aromatic heterocycles. The topological polar surface area (TPSA) is 102 Å². The highest BCUT2D eigenvalue weighted by Crippen LogP contribution is 2.39. The maximum atomic E-state index is 12.8. The second-order valence-electron chi connectivity index (χ2n) is 9.73. The van der Waals surface area contributed by atoms with Crippen LogP contribution in [0.2, 0.25) is 0 Å². The third-order valence-electron chi connectivity index (χ3n) is 5.77. The molecule has 0 bridgehead atoms. The number of aryl methyl sites for hydroxylation is 2. The fourth-order valence-corrected chi connectivity index (χ4v) is 5.27. The number of aromatic nitrogens is 3. The lowest BCUT2D eigenvalue weighted by molar-refractivity contribution is -0.155. The Hall–Kier alpha value is -3.32. The number of carbonyl (C=O) groups excluding carboxylic acids is 1. The van der Waals surface area contributed by atoms with E-state index in [1.807, 2.05) is 56.5 Å². The van der Waals surface area contributed by atoms with E-state index in [4.69, 9.17) is 14.9 Å². The van der Waals surface area contributed by atoms with Crippen molar-refractivity contribution in [3.63, 3.8) is 0 Å². The first-order valence-electron chi connectivity index (χ1n) is 11.9. The number of nitrogens with zero attached hydrogens (tertiary/aromatic N) is 4. The predicted octanol–water partition coefficient (Wildman–Crippen LogP) is 4.60. The quantitative estimate of drug-likeness (QED) is 0.227. The molecule has 0 spiro atoms. The third-order valence-corrected chi connectivity index (χ3v) is 6.96. The van der Waals surface area contributed by atoms with Gasteiger partial charge in [-0.15, -0.1) is 21.5 Å². The molecule has 0 fully saturated rings. The number of hydroxylamine groups is 1. The average molecular weight is 506 g/mol. The molecule has 1 aliphatic heterocycles. The van der Waals surface area contributed by atoms with Crippen LogP contribution >= 0.6 is 11.3 Å². The van der Waals surface area contributed by atoms with Crippen molar-refractivity contribution in [1.82, 2.24) is 20.2 Å². The van der Waals surface area contributed by atoms with Crippen molar-refractivity contribution in [2.75, 3.05) is 6.54 Å². The summed E-state index contributed by atoms with van der Waals surface area (Å²) in [7, 11) is 0. The average Bonchev–Trinajstić information content (AvgIpc) is 3.28. The van der Waals surface area contributed by atoms with Gasteiger partial charge in [0.15, 0.2) is 5.82 Å². The minimum atomic E-state index is -0.589. The minimum absolute atomic E-state index is 0.0638. The second-order valence-corrected chi connectivity index (χ2v) is 10.9. The van der Waals surface area contributed by atoms with Crippen molar-refractivity contribution in [2.45, 2.75) is 66.0 Å². The van der Waals surface area contributed by atoms with Crippen LogP contribution in [0.1, 0.15) is 78.4 Å². The van der Waals surface area contributed by atoms with Crippen molar-refractivity contribution in [3.05, 3.63) is 63.0 Å². The van der Waals surface area contributed by atoms with E-state index >= 15 is 0 Å². The lowest BCUT2D eigenvalue weighted by atomic mass is 9.98. The highest BCUT2D eigenvalue weighted by atomic mass is 32.1. The maximum Gasteiger partial charge on any atom is 0.308 e. The molecule has 4 rings (SSSR count). The van der Waals surface area contributed by atoms with Gasteiger partial charge in [0.25, 0.3) is 0 Å². The van der Waals surface area contributed by atoms with Crippen molar-refractivity contribution in [3.8, 4) is 16.8 Å². The first-order valence-corrected chi connectivity index (χ1v) is 12.7. The number of ether oxygens (including phenoxy) is 1. The van der Waals surface area contributed by atoms with Crippen LogP contribution in [0.4, 0.5) is 0 Å². The van der Waals surface area contributed by atoms with Crippen molar-refractivity contribution in [1.29, 1.82) is 0 Å². The van der Waals surface area contributed by atoms with Crippen LogP contribution in [0.25, 0.3) is 5.00 Å². The number of hydrogen-bond acceptors (Lipinski definition) is 8. The van der Waals surface area contributed by atoms with Gasteiger partial charge in [-0.2, -0.15) is 0 Å². The SMILES string of the molecule is Cc1sc2c(c1C)C(c1ccc(C#CCCNO)cc1)=N[C@H](CC(=O)OC(C)(C)C)c1nnc(C)n1-2. The zero-order valence-electron chi connectivity index (χ0n) is 21.5. The molecule has 36 heavy (non-hydrogen) atoms. The molecule has 9 heteroatoms. The Kier molecular flexibility index (Phi) is 7.41. The largest absolute Gasteiger partial charge is 0.460 e. The molecule has 2 N–H and O–H groups in total. The first kappa shape index (κ1) is 25.8. The molecule has 1 atom stereocenters. The molecule has 0 amide bonds. The van der Waals surface area contributed by atoms with Crippen LogP contribution in [0, 0.1) is 32.6 Å². The van der Waals surface area contributed by atoms with Crippen LogP contribution in [0.3, 0.4) is 0 Å². The van der Waals surface area contributed by atoms with E-state index in [0.717, 1.165) is 38.8 Å². The molecule has 0 unspecified atom stereocenters. The number of rotatable bonds is 5. The number of nitrogens with one attached hydrogen (secondary N) is 1. The zero-order valence-corrected chi connectivity index (χ0v) is 22.3. The Bertz CT molecular complexity index is 1370. The third kappa shape index (κ3) is 5.41. The summed E-state index contributed by atoms with van der Waals surface area (Å²) in [5.41, 5.74) is 6.32. The monoisotopic (exact) mass is 505 g/mol. The minimum Gasteiger partial charge on any atom is -0.460 e. The Morgan fingerprint density at radius 3 is 2.58 bits per heavy atom. The predicted molar refractivity (Wildman–Crippen MR) is 140 cm³/mol. The molecule has 0 saturated carbocycles. The Balaban J connectivity index is 1.81. The number of aliphatic imine (C=N–C) groups is 1. The van der Waals surface area contributed by atoms with Gasteiger partial charge in [-0.25, -0.2) is 5.48 Å². The van der Waals surface area contributed by atoms with Crippen molar-refractivity contribution >= 4 is 23.0 Å². The van der Waals surface area contributed by atoms with Crippen LogP contribution in [0.5, 0.6) is 0 Å². The molecule has 1 aliphatic rings. The molecule has 3 heterocycles. The Morgan fingerprint density at radius 1 is 1.19 bits per heavy atom. The van der Waals surface area contributed by atoms with E-state index in [1.54, 1.807) is 11.3 Å². The maximum absolute atomic E-state index is 12.8. The van der Waals surface area contributed by atoms with E-state index in [0.29, 0.717) is 18.8 Å². The summed E-state index contributed by atoms with van der Waals surface area (Å²) in [6, 6.07) is 7.40. The van der Waals surface area contributed by atoms with E-state index < -0.39 is 11.6 Å². The molecule has 0 aliphatic carbocycles. The smallest absolute Gasteiger partial charge is 0.308 e. The summed E-state index contributed by atoms with van der Waals surface area (Å²) in [4.78, 5) is 19.2. The van der Waals surface area contributed by atoms with Gasteiger partial charge in [-0.1, -0.05) is 24.0 Å². The highest BCUT2D eigenvalue weighted by Gasteiger charge is 2.33. The van der Waals surface area contributed by atoms with E-state index in [1.165, 1.54) is 4.88 Å². The van der Waals surface area contributed by atoms with E-state index in [-0.39, 0.29) is 12.4 Å². The van der Waals surface area contributed by atoms with Gasteiger partial charge in [-0.05, 0) is 59.2 Å². The molecular formula is C27H31N5O3S. The molecule has 1 aromatic carbocycles. The standard InChI is InChI=1S/C27H31N5O3S/c1-16-17(2)36-26-23(16)24(20-12-10-19(11-13-20)9-7-8-14-28-34)29-21(15-22(33)35-27(4,5)6)25-31-30-18(3)32(25)26/h10-13,21,28,34H,8,14-15H2,1-6H3/t21-/m1/s1. The molecular weight excluding hydrogens is 474 g/mol. The number of carbonyl (C=O) groups is 1. The summed E-state index contributed by atoms with van der Waals surface area (Å²) < 4.78 is 7.65. The fourth-order valence-electron chi connectivity index (χ4n) is 4.06. The normalized spacial score (nSPS) is 14.8. The van der Waals surface area contributed by atoms with Gasteiger partial charge < -0.3 is 9.94 Å². The van der Waals surface area contributed by atoms with Gasteiger partial charge in [0.2, 0.25) is 0 Å². The summed E-state index contributed by atoms with van der Waals surface area (Å²) in [6.45, 7) is 12.1. The number of fused-ring (bicyclic) bond motifs is 3. The van der Waals surface area contributed by atoms with Crippen LogP contribution in [0.15, 0.2) is 29.3 Å². The summed E-state index contributed by atoms with van der Waals surface area (Å²) in [6.07, 6.45) is 0.612. The van der Waals surface area contributed by atoms with Crippen LogP contribution in [-0.4, -0.2) is 43.8 Å². The molecule has 8 nitrogen and oxygen atoms in total. The second kappa shape index (κ2) is 10.3. The van der Waals surface area contributed by atoms with Gasteiger partial charge >= 0.3 is 5.97 Å². The van der Waals surface area contributed by atoms with Crippen LogP contribution in [-0.2, 0) is 9.53 Å². The van der Waals surface area contributed by atoms with Crippen LogP contribution < -0.4 is 5.48 Å². The van der Waals surface area contributed by atoms with Crippen molar-refractivity contribution < 1.29 is 14.7 Å². The molecule has 188 valence electrons. The number of thiophene rings is 1. The molecule has 0 radical (unpaired) electrons. The number of esters is 1. The number of benzene rings is 1. The van der Waals surface area contributed by atoms with Gasteiger partial charge in [0.05, 0.1) is 12.1 Å². The van der Waals surface area contributed by atoms with Gasteiger partial charge in [0, 0.05) is 34.5 Å². The first-order chi connectivity index (χ1) is 17.1. The van der Waals surface area contributed by atoms with Gasteiger partial charge in [-0.3, -0.25) is 14.4 Å². The molecule has 0 saturated heterocycles. The van der Waals surface area contributed by atoms with E-state index in [2.05, 4.69) is 41.4 Å². The lowest BCUT2D eigenvalue weighted by Crippen LogP contribution is -2.25. The summed E-state index contributed by atoms with van der Waals surface area (Å²) in [5, 5.41) is 18.5. The summed E-state index contributed by atoms with van der Waals surface area (Å²) >= 11 is 1.68. The zero-order chi connectivity index (χ0) is 26.0. The molecule has 3 aromatic rings. The fraction of sp³-hybridized carbons (Fsp3) is 0.407. The van der Waals surface area contributed by atoms with E-state index in [9.17, 15) is 4.79 Å². The van der Waals surface area contributed by atoms with Crippen molar-refractivity contribution in [2.24, 2.45) is 4.99 Å². The lowest BCUT2D eigenvalue weighted by Gasteiger charge is -2.21.